The van der Waals surface area contributed by atoms with Crippen LogP contribution in [0.15, 0.2) is 70.6 Å². The number of hydrogen-bond donors (Lipinski definition) is 1. The number of carboxylic acid groups (broad SMARTS) is 1. The van der Waals surface area contributed by atoms with Crippen molar-refractivity contribution >= 4 is 40.2 Å². The Morgan fingerprint density at radius 1 is 1.16 bits per heavy atom. The van der Waals surface area contributed by atoms with Crippen molar-refractivity contribution in [3.8, 4) is 11.3 Å². The smallest absolute Gasteiger partial charge is 0.306 e. The van der Waals surface area contributed by atoms with Gasteiger partial charge in [-0.2, -0.15) is 0 Å². The molecule has 1 aliphatic rings. The Hall–Kier alpha value is -2.63. The molecule has 0 aliphatic carbocycles. The van der Waals surface area contributed by atoms with Crippen molar-refractivity contribution in [1.29, 1.82) is 0 Å². The van der Waals surface area contributed by atoms with Gasteiger partial charge in [0.1, 0.15) is 0 Å². The van der Waals surface area contributed by atoms with Crippen molar-refractivity contribution in [2.75, 3.05) is 0 Å². The second-order valence-electron chi connectivity index (χ2n) is 8.15. The molecule has 0 radical (unpaired) electrons. The molecule has 5 rings (SSSR count). The second-order valence-corrected chi connectivity index (χ2v) is 9.67. The third-order valence-electron chi connectivity index (χ3n) is 6.35. The maximum Gasteiger partial charge on any atom is 0.306 e. The summed E-state index contributed by atoms with van der Waals surface area (Å²) in [7, 11) is 2.05. The minimum Gasteiger partial charge on any atom is -0.481 e. The number of aromatic nitrogens is 2. The van der Waals surface area contributed by atoms with Crippen LogP contribution in [0.2, 0.25) is 5.02 Å². The van der Waals surface area contributed by atoms with Gasteiger partial charge in [0.05, 0.1) is 11.4 Å². The van der Waals surface area contributed by atoms with E-state index < -0.39 is 11.9 Å². The highest BCUT2D eigenvalue weighted by Crippen LogP contribution is 2.50. The van der Waals surface area contributed by atoms with E-state index >= 15 is 0 Å². The lowest BCUT2D eigenvalue weighted by atomic mass is 9.90. The highest BCUT2D eigenvalue weighted by Gasteiger charge is 2.36. The van der Waals surface area contributed by atoms with Gasteiger partial charge in [0.25, 0.3) is 0 Å². The minimum absolute atomic E-state index is 0.0130. The average Bonchev–Trinajstić information content (AvgIpc) is 3.45. The number of rotatable bonds is 5. The number of fused-ring (bicyclic) bond motifs is 3. The Labute approximate surface area is 190 Å². The Morgan fingerprint density at radius 3 is 2.61 bits per heavy atom. The second kappa shape index (κ2) is 7.81. The van der Waals surface area contributed by atoms with Gasteiger partial charge < -0.3 is 14.2 Å². The van der Waals surface area contributed by atoms with E-state index in [9.17, 15) is 9.90 Å². The van der Waals surface area contributed by atoms with Crippen molar-refractivity contribution in [3.05, 3.63) is 71.5 Å². The summed E-state index contributed by atoms with van der Waals surface area (Å²) in [5.74, 6) is -1.19. The summed E-state index contributed by atoms with van der Waals surface area (Å²) >= 11 is 7.82. The third kappa shape index (κ3) is 3.36. The lowest BCUT2D eigenvalue weighted by molar-refractivity contribution is -0.141. The Bertz CT molecular complexity index is 1290. The van der Waals surface area contributed by atoms with Crippen molar-refractivity contribution in [1.82, 2.24) is 9.13 Å². The average molecular weight is 451 g/mol. The maximum absolute atomic E-state index is 11.9. The molecule has 2 aromatic carbocycles. The van der Waals surface area contributed by atoms with Crippen LogP contribution in [-0.4, -0.2) is 20.2 Å². The fraction of sp³-hybridized carbons (Fsp3) is 0.240. The Balaban J connectivity index is 1.78. The quantitative estimate of drug-likeness (QED) is 0.369. The van der Waals surface area contributed by atoms with E-state index in [1.807, 2.05) is 31.2 Å². The first-order valence-electron chi connectivity index (χ1n) is 10.4. The van der Waals surface area contributed by atoms with Crippen LogP contribution in [0.5, 0.6) is 0 Å². The molecule has 0 saturated heterocycles. The van der Waals surface area contributed by atoms with Crippen LogP contribution < -0.4 is 0 Å². The third-order valence-corrected chi connectivity index (χ3v) is 7.72. The molecule has 2 unspecified atom stereocenters. The van der Waals surface area contributed by atoms with Gasteiger partial charge in [0.2, 0.25) is 0 Å². The maximum atomic E-state index is 11.9. The summed E-state index contributed by atoms with van der Waals surface area (Å²) in [5, 5.41) is 11.7. The zero-order chi connectivity index (χ0) is 21.7. The number of benzene rings is 2. The summed E-state index contributed by atoms with van der Waals surface area (Å²) in [4.78, 5) is 14.1. The summed E-state index contributed by atoms with van der Waals surface area (Å²) in [6, 6.07) is 18.5. The van der Waals surface area contributed by atoms with Crippen molar-refractivity contribution in [2.24, 2.45) is 13.0 Å². The molecule has 6 heteroatoms. The molecule has 1 aliphatic heterocycles. The van der Waals surface area contributed by atoms with Crippen LogP contribution in [0.4, 0.5) is 0 Å². The van der Waals surface area contributed by atoms with Gasteiger partial charge in [-0.1, -0.05) is 42.4 Å². The molecule has 0 amide bonds. The standard InChI is InChI=1S/C25H23ClN2O2S/c1-15(25(29)30)18-12-14-28-21-6-3-5-19(20-7-4-13-27(20)2)22(21)24(23(18)28)31-17-10-8-16(26)9-11-17/h3-11,13,15,18H,12,14H2,1-2H3,(H,29,30). The first kappa shape index (κ1) is 20.3. The minimum atomic E-state index is -0.742. The molecule has 0 spiro atoms. The monoisotopic (exact) mass is 450 g/mol. The summed E-state index contributed by atoms with van der Waals surface area (Å²) in [6.07, 6.45) is 2.90. The van der Waals surface area contributed by atoms with Crippen LogP contribution in [-0.2, 0) is 18.4 Å². The number of aryl methyl sites for hydroxylation is 2. The fourth-order valence-electron chi connectivity index (χ4n) is 4.74. The molecule has 1 N–H and O–H groups in total. The predicted octanol–water partition coefficient (Wildman–Crippen LogP) is 6.66. The van der Waals surface area contributed by atoms with Gasteiger partial charge in [0.15, 0.2) is 0 Å². The molecule has 3 heterocycles. The van der Waals surface area contributed by atoms with Crippen LogP contribution >= 0.6 is 23.4 Å². The highest BCUT2D eigenvalue weighted by molar-refractivity contribution is 7.99. The Morgan fingerprint density at radius 2 is 1.94 bits per heavy atom. The molecule has 4 aromatic rings. The molecule has 0 bridgehead atoms. The number of hydrogen-bond acceptors (Lipinski definition) is 2. The molecule has 0 fully saturated rings. The van der Waals surface area contributed by atoms with Crippen molar-refractivity contribution in [2.45, 2.75) is 35.6 Å². The Kier molecular flexibility index (Phi) is 5.11. The van der Waals surface area contributed by atoms with E-state index in [0.717, 1.165) is 34.1 Å². The van der Waals surface area contributed by atoms with Crippen LogP contribution in [0, 0.1) is 5.92 Å². The summed E-state index contributed by atoms with van der Waals surface area (Å²) in [6.45, 7) is 2.67. The number of nitrogens with zero attached hydrogens (tertiary/aromatic N) is 2. The predicted molar refractivity (Wildman–Crippen MR) is 126 cm³/mol. The van der Waals surface area contributed by atoms with Gasteiger partial charge in [-0.05, 0) is 48.9 Å². The van der Waals surface area contributed by atoms with E-state index in [2.05, 4.69) is 52.7 Å². The molecule has 158 valence electrons. The topological polar surface area (TPSA) is 47.2 Å². The zero-order valence-electron chi connectivity index (χ0n) is 17.4. The molecule has 2 aromatic heterocycles. The SMILES string of the molecule is CC(C(=O)O)C1CCn2c1c(Sc1ccc(Cl)cc1)c1c(-c3cccn3C)cccc12. The zero-order valence-corrected chi connectivity index (χ0v) is 19.0. The molecule has 31 heavy (non-hydrogen) atoms. The van der Waals surface area contributed by atoms with E-state index in [1.54, 1.807) is 11.8 Å². The number of carboxylic acids is 1. The molecule has 0 saturated carbocycles. The largest absolute Gasteiger partial charge is 0.481 e. The molecule has 2 atom stereocenters. The van der Waals surface area contributed by atoms with E-state index in [-0.39, 0.29) is 5.92 Å². The molecular weight excluding hydrogens is 428 g/mol. The number of carbonyl (C=O) groups is 1. The van der Waals surface area contributed by atoms with Crippen molar-refractivity contribution < 1.29 is 9.90 Å². The van der Waals surface area contributed by atoms with Crippen molar-refractivity contribution in [3.63, 3.8) is 0 Å². The molecule has 4 nitrogen and oxygen atoms in total. The first-order valence-corrected chi connectivity index (χ1v) is 11.6. The highest BCUT2D eigenvalue weighted by atomic mass is 35.5. The van der Waals surface area contributed by atoms with Gasteiger partial charge in [-0.15, -0.1) is 0 Å². The van der Waals surface area contributed by atoms with Gasteiger partial charge in [-0.3, -0.25) is 4.79 Å². The lowest BCUT2D eigenvalue weighted by Gasteiger charge is -2.17. The lowest BCUT2D eigenvalue weighted by Crippen LogP contribution is -2.17. The first-order chi connectivity index (χ1) is 15.0. The van der Waals surface area contributed by atoms with Crippen LogP contribution in [0.25, 0.3) is 22.2 Å². The number of aliphatic carboxylic acids is 1. The van der Waals surface area contributed by atoms with Crippen LogP contribution in [0.1, 0.15) is 25.0 Å². The summed E-state index contributed by atoms with van der Waals surface area (Å²) < 4.78 is 4.47. The van der Waals surface area contributed by atoms with E-state index in [1.165, 1.54) is 16.5 Å². The van der Waals surface area contributed by atoms with Gasteiger partial charge >= 0.3 is 5.97 Å². The van der Waals surface area contributed by atoms with Gasteiger partial charge in [0, 0.05) is 62.9 Å². The van der Waals surface area contributed by atoms with E-state index in [0.29, 0.717) is 5.02 Å². The van der Waals surface area contributed by atoms with Gasteiger partial charge in [-0.25, -0.2) is 0 Å². The van der Waals surface area contributed by atoms with Crippen LogP contribution in [0.3, 0.4) is 0 Å². The number of halogens is 1. The normalized spacial score (nSPS) is 16.5. The van der Waals surface area contributed by atoms with E-state index in [4.69, 9.17) is 11.6 Å². The fourth-order valence-corrected chi connectivity index (χ4v) is 6.05. The molecular formula is C25H23ClN2O2S. The summed E-state index contributed by atoms with van der Waals surface area (Å²) in [5.41, 5.74) is 4.64.